The van der Waals surface area contributed by atoms with Crippen LogP contribution in [0, 0.1) is 22.7 Å². The fourth-order valence-corrected chi connectivity index (χ4v) is 4.32. The average molecular weight is 267 g/mol. The number of allylic oxidation sites excluding steroid dienone is 2. The van der Waals surface area contributed by atoms with Crippen LogP contribution in [0.15, 0.2) is 12.2 Å². The van der Waals surface area contributed by atoms with E-state index in [9.17, 15) is 9.90 Å². The van der Waals surface area contributed by atoms with Crippen LogP contribution in [0.3, 0.4) is 0 Å². The van der Waals surface area contributed by atoms with Crippen LogP contribution in [0.2, 0.25) is 0 Å². The lowest BCUT2D eigenvalue weighted by atomic mass is 9.59. The van der Waals surface area contributed by atoms with Crippen LogP contribution >= 0.6 is 0 Å². The minimum atomic E-state index is -0.955. The van der Waals surface area contributed by atoms with Crippen molar-refractivity contribution in [2.45, 2.75) is 39.4 Å². The Morgan fingerprint density at radius 2 is 2.05 bits per heavy atom. The number of fused-ring (bicyclic) bond motifs is 2. The van der Waals surface area contributed by atoms with Crippen LogP contribution in [-0.4, -0.2) is 26.5 Å². The molecule has 0 N–H and O–H groups in total. The number of ether oxygens (including phenoxy) is 2. The smallest absolute Gasteiger partial charge is 0.160 e. The number of aliphatic carboxylic acids is 1. The van der Waals surface area contributed by atoms with Crippen LogP contribution < -0.4 is 5.11 Å². The first-order valence-electron chi connectivity index (χ1n) is 6.91. The predicted octanol–water partition coefficient (Wildman–Crippen LogP) is 1.35. The summed E-state index contributed by atoms with van der Waals surface area (Å²) in [7, 11) is 3.21. The van der Waals surface area contributed by atoms with Crippen LogP contribution in [0.1, 0.15) is 33.1 Å². The molecule has 19 heavy (non-hydrogen) atoms. The minimum Gasteiger partial charge on any atom is -0.550 e. The molecular formula is C15H23O4-. The third-order valence-electron chi connectivity index (χ3n) is 5.31. The van der Waals surface area contributed by atoms with Gasteiger partial charge in [-0.25, -0.2) is 0 Å². The van der Waals surface area contributed by atoms with Crippen molar-refractivity contribution >= 4 is 5.97 Å². The van der Waals surface area contributed by atoms with Crippen LogP contribution in [-0.2, 0) is 14.3 Å². The van der Waals surface area contributed by atoms with Crippen molar-refractivity contribution < 1.29 is 19.4 Å². The highest BCUT2D eigenvalue weighted by Gasteiger charge is 2.61. The summed E-state index contributed by atoms with van der Waals surface area (Å²) in [5.41, 5.74) is -1.25. The van der Waals surface area contributed by atoms with Gasteiger partial charge in [0.05, 0.1) is 0 Å². The van der Waals surface area contributed by atoms with Gasteiger partial charge in [0, 0.05) is 36.9 Å². The largest absolute Gasteiger partial charge is 0.550 e. The second-order valence-corrected chi connectivity index (χ2v) is 6.04. The summed E-state index contributed by atoms with van der Waals surface area (Å²) < 4.78 is 10.8. The maximum Gasteiger partial charge on any atom is 0.160 e. The van der Waals surface area contributed by atoms with E-state index in [1.807, 2.05) is 6.92 Å². The van der Waals surface area contributed by atoms with E-state index >= 15 is 0 Å². The van der Waals surface area contributed by atoms with Crippen LogP contribution in [0.25, 0.3) is 0 Å². The van der Waals surface area contributed by atoms with Gasteiger partial charge in [0.15, 0.2) is 6.29 Å². The van der Waals surface area contributed by atoms with E-state index in [4.69, 9.17) is 9.47 Å². The molecule has 4 nitrogen and oxygen atoms in total. The molecule has 2 aliphatic carbocycles. The van der Waals surface area contributed by atoms with Crippen molar-refractivity contribution in [1.29, 1.82) is 0 Å². The van der Waals surface area contributed by atoms with E-state index in [1.165, 1.54) is 0 Å². The van der Waals surface area contributed by atoms with Crippen molar-refractivity contribution in [2.24, 2.45) is 22.7 Å². The molecule has 108 valence electrons. The maximum absolute atomic E-state index is 11.7. The van der Waals surface area contributed by atoms with E-state index < -0.39 is 16.8 Å². The molecule has 0 amide bonds. The van der Waals surface area contributed by atoms with Gasteiger partial charge in [-0.1, -0.05) is 26.0 Å². The molecule has 4 unspecified atom stereocenters. The lowest BCUT2D eigenvalue weighted by molar-refractivity contribution is -0.325. The molecule has 0 heterocycles. The summed E-state index contributed by atoms with van der Waals surface area (Å²) >= 11 is 0. The summed E-state index contributed by atoms with van der Waals surface area (Å²) in [5.74, 6) is -0.593. The van der Waals surface area contributed by atoms with Crippen LogP contribution in [0.4, 0.5) is 0 Å². The molecule has 0 saturated heterocycles. The summed E-state index contributed by atoms with van der Waals surface area (Å²) in [6, 6.07) is 0. The molecule has 4 heteroatoms. The number of rotatable bonds is 6. The highest BCUT2D eigenvalue weighted by atomic mass is 16.7. The molecule has 1 saturated carbocycles. The first-order chi connectivity index (χ1) is 8.95. The topological polar surface area (TPSA) is 58.6 Å². The zero-order valence-corrected chi connectivity index (χ0v) is 12.1. The Morgan fingerprint density at radius 1 is 1.42 bits per heavy atom. The number of carbonyl (C=O) groups is 1. The third kappa shape index (κ3) is 1.84. The Hall–Kier alpha value is -0.870. The minimum absolute atomic E-state index is 0.0224. The summed E-state index contributed by atoms with van der Waals surface area (Å²) in [4.78, 5) is 11.7. The van der Waals surface area contributed by atoms with Gasteiger partial charge in [-0.05, 0) is 25.2 Å². The number of methoxy groups -OCH3 is 2. The predicted molar refractivity (Wildman–Crippen MR) is 69.0 cm³/mol. The molecule has 2 bridgehead atoms. The second-order valence-electron chi connectivity index (χ2n) is 6.04. The maximum atomic E-state index is 11.7. The lowest BCUT2D eigenvalue weighted by Crippen LogP contribution is -2.54. The lowest BCUT2D eigenvalue weighted by Gasteiger charge is -2.49. The summed E-state index contributed by atoms with van der Waals surface area (Å²) in [5, 5.41) is 11.7. The van der Waals surface area contributed by atoms with Gasteiger partial charge in [0.2, 0.25) is 0 Å². The Morgan fingerprint density at radius 3 is 2.47 bits per heavy atom. The quantitative estimate of drug-likeness (QED) is 0.538. The number of carboxylic acid groups (broad SMARTS) is 1. The molecule has 0 spiro atoms. The van der Waals surface area contributed by atoms with Crippen molar-refractivity contribution in [2.75, 3.05) is 14.2 Å². The van der Waals surface area contributed by atoms with E-state index in [0.717, 1.165) is 12.8 Å². The molecule has 0 aromatic carbocycles. The molecule has 0 radical (unpaired) electrons. The number of carbonyl (C=O) groups excluding carboxylic acids is 1. The number of hydrogen-bond acceptors (Lipinski definition) is 4. The fourth-order valence-electron chi connectivity index (χ4n) is 4.32. The van der Waals surface area contributed by atoms with Gasteiger partial charge in [0.1, 0.15) is 0 Å². The van der Waals surface area contributed by atoms with Gasteiger partial charge in [-0.2, -0.15) is 0 Å². The van der Waals surface area contributed by atoms with Gasteiger partial charge < -0.3 is 19.4 Å². The molecule has 0 aliphatic heterocycles. The Balaban J connectivity index is 2.43. The molecule has 0 aromatic rings. The summed E-state index contributed by atoms with van der Waals surface area (Å²) in [6.45, 7) is 3.87. The average Bonchev–Trinajstić information content (AvgIpc) is 2.92. The molecular weight excluding hydrogens is 244 g/mol. The van der Waals surface area contributed by atoms with E-state index in [1.54, 1.807) is 14.2 Å². The van der Waals surface area contributed by atoms with Crippen molar-refractivity contribution in [3.05, 3.63) is 12.2 Å². The van der Waals surface area contributed by atoms with Gasteiger partial charge in [-0.3, -0.25) is 0 Å². The van der Waals surface area contributed by atoms with E-state index in [2.05, 4.69) is 19.1 Å². The molecule has 4 atom stereocenters. The van der Waals surface area contributed by atoms with Crippen molar-refractivity contribution in [3.63, 3.8) is 0 Å². The normalized spacial score (nSPS) is 38.1. The standard InChI is InChI=1S/C15H24O4/c1-5-11(12(18-3)19-4)15-7-6-10(9-15)8-14(15,2)13(16)17/h6-7,10-12H,5,8-9H2,1-4H3,(H,16,17)/p-1. The van der Waals surface area contributed by atoms with Crippen molar-refractivity contribution in [1.82, 2.24) is 0 Å². The number of carboxylic acids is 1. The monoisotopic (exact) mass is 267 g/mol. The van der Waals surface area contributed by atoms with Gasteiger partial charge in [-0.15, -0.1) is 0 Å². The molecule has 2 rings (SSSR count). The Labute approximate surface area is 114 Å². The first kappa shape index (κ1) is 14.5. The number of hydrogen-bond donors (Lipinski definition) is 0. The Kier molecular flexibility index (Phi) is 3.76. The van der Waals surface area contributed by atoms with Crippen LogP contribution in [0.5, 0.6) is 0 Å². The Bertz CT molecular complexity index is 388. The zero-order valence-electron chi connectivity index (χ0n) is 12.1. The zero-order chi connectivity index (χ0) is 14.3. The summed E-state index contributed by atoms with van der Waals surface area (Å²) in [6.07, 6.45) is 6.17. The molecule has 1 fully saturated rings. The molecule has 2 aliphatic rings. The highest BCUT2D eigenvalue weighted by molar-refractivity contribution is 5.75. The first-order valence-corrected chi connectivity index (χ1v) is 6.91. The van der Waals surface area contributed by atoms with Crippen molar-refractivity contribution in [3.8, 4) is 0 Å². The van der Waals surface area contributed by atoms with Gasteiger partial charge in [0.25, 0.3) is 0 Å². The second kappa shape index (κ2) is 4.91. The third-order valence-corrected chi connectivity index (χ3v) is 5.31. The van der Waals surface area contributed by atoms with Gasteiger partial charge >= 0.3 is 0 Å². The SMILES string of the molecule is CCC(C(OC)OC)C12C=CC(CC1(C)C(=O)[O-])C2. The highest BCUT2D eigenvalue weighted by Crippen LogP contribution is 2.65. The van der Waals surface area contributed by atoms with E-state index in [-0.39, 0.29) is 12.2 Å². The van der Waals surface area contributed by atoms with E-state index in [0.29, 0.717) is 12.3 Å². The molecule has 0 aromatic heterocycles. The fraction of sp³-hybridized carbons (Fsp3) is 0.800.